The normalized spacial score (nSPS) is 14.8. The van der Waals surface area contributed by atoms with Crippen molar-refractivity contribution >= 4 is 62.3 Å². The van der Waals surface area contributed by atoms with Crippen LogP contribution < -0.4 is 20.4 Å². The molecular weight excluding hydrogens is 543 g/mol. The number of hydrogen-bond donors (Lipinski definition) is 2. The summed E-state index contributed by atoms with van der Waals surface area (Å²) < 4.78 is 6.28. The van der Waals surface area contributed by atoms with Gasteiger partial charge in [0.15, 0.2) is 6.61 Å². The number of halogens is 3. The van der Waals surface area contributed by atoms with E-state index in [-0.39, 0.29) is 17.5 Å². The Morgan fingerprint density at radius 2 is 1.85 bits per heavy atom. The van der Waals surface area contributed by atoms with Crippen LogP contribution in [0, 0.1) is 0 Å². The summed E-state index contributed by atoms with van der Waals surface area (Å²) in [7, 11) is 3.90. The summed E-state index contributed by atoms with van der Waals surface area (Å²) in [4.78, 5) is 28.1. The zero-order valence-corrected chi connectivity index (χ0v) is 21.4. The number of hydrogen-bond acceptors (Lipinski definition) is 5. The van der Waals surface area contributed by atoms with E-state index in [0.29, 0.717) is 22.0 Å². The van der Waals surface area contributed by atoms with Crippen molar-refractivity contribution < 1.29 is 14.3 Å². The lowest BCUT2D eigenvalue weighted by molar-refractivity contribution is -0.127. The Balaban J connectivity index is 1.58. The molecule has 0 fully saturated rings. The molecule has 1 aliphatic heterocycles. The summed E-state index contributed by atoms with van der Waals surface area (Å²) in [6.45, 7) is -0.344. The maximum atomic E-state index is 13.4. The van der Waals surface area contributed by atoms with Crippen LogP contribution >= 0.6 is 39.1 Å². The summed E-state index contributed by atoms with van der Waals surface area (Å²) in [5.74, 6) is -0.557. The van der Waals surface area contributed by atoms with Crippen LogP contribution in [0.5, 0.6) is 5.75 Å². The molecule has 3 aromatic rings. The molecule has 1 atom stereocenters. The highest BCUT2D eigenvalue weighted by Crippen LogP contribution is 2.34. The summed E-state index contributed by atoms with van der Waals surface area (Å²) in [5.41, 5.74) is 5.59. The largest absolute Gasteiger partial charge is 0.482 e. The number of rotatable bonds is 6. The molecule has 10 heteroatoms. The summed E-state index contributed by atoms with van der Waals surface area (Å²) in [6, 6.07) is 17.8. The van der Waals surface area contributed by atoms with Gasteiger partial charge in [-0.2, -0.15) is 0 Å². The fraction of sp³-hybridized carbons (Fsp3) is 0.167. The Kier molecular flexibility index (Phi) is 7.21. The molecule has 0 saturated heterocycles. The monoisotopic (exact) mass is 562 g/mol. The third-order valence-electron chi connectivity index (χ3n) is 5.20. The van der Waals surface area contributed by atoms with E-state index < -0.39 is 12.1 Å². The number of carbonyl (C=O) groups is 2. The lowest BCUT2D eigenvalue weighted by atomic mass is 10.0. The molecule has 0 aliphatic carbocycles. The first-order valence-corrected chi connectivity index (χ1v) is 11.8. The van der Waals surface area contributed by atoms with Gasteiger partial charge in [-0.15, -0.1) is 0 Å². The van der Waals surface area contributed by atoms with Gasteiger partial charge in [0.25, 0.3) is 11.8 Å². The molecule has 0 aromatic heterocycles. The van der Waals surface area contributed by atoms with Crippen LogP contribution in [-0.2, 0) is 4.79 Å². The number of anilines is 2. The quantitative estimate of drug-likeness (QED) is 0.414. The van der Waals surface area contributed by atoms with Gasteiger partial charge >= 0.3 is 0 Å². The first-order chi connectivity index (χ1) is 16.2. The molecule has 2 amide bonds. The third kappa shape index (κ3) is 5.24. The van der Waals surface area contributed by atoms with Crippen LogP contribution in [0.2, 0.25) is 10.0 Å². The molecule has 3 aromatic carbocycles. The van der Waals surface area contributed by atoms with Crippen LogP contribution in [0.3, 0.4) is 0 Å². The standard InChI is InChI=1S/C24H21BrCl2N4O3/c1-30(2)17-7-3-14(4-8-17)23-28-20-9-5-15(25)11-18(20)24(33)31(23)29-22(32)13-34-21-10-6-16(26)12-19(21)27/h3-12,23,28H,13H2,1-2H3,(H,29,32). The second-order valence-corrected chi connectivity index (χ2v) is 9.56. The van der Waals surface area contributed by atoms with Gasteiger partial charge in [0, 0.05) is 35.0 Å². The molecule has 0 saturated carbocycles. The van der Waals surface area contributed by atoms with Crippen LogP contribution in [0.4, 0.5) is 11.4 Å². The topological polar surface area (TPSA) is 73.9 Å². The first kappa shape index (κ1) is 24.2. The van der Waals surface area contributed by atoms with Crippen molar-refractivity contribution in [3.63, 3.8) is 0 Å². The Morgan fingerprint density at radius 3 is 2.53 bits per heavy atom. The molecule has 176 valence electrons. The van der Waals surface area contributed by atoms with Gasteiger partial charge in [-0.3, -0.25) is 15.0 Å². The van der Waals surface area contributed by atoms with Crippen molar-refractivity contribution in [1.82, 2.24) is 10.4 Å². The van der Waals surface area contributed by atoms with Crippen molar-refractivity contribution in [3.8, 4) is 5.75 Å². The molecule has 0 radical (unpaired) electrons. The Hall–Kier alpha value is -2.94. The highest BCUT2D eigenvalue weighted by Gasteiger charge is 2.34. The Bertz CT molecular complexity index is 1240. The SMILES string of the molecule is CN(C)c1ccc(C2Nc3ccc(Br)cc3C(=O)N2NC(=O)COc2ccc(Cl)cc2Cl)cc1. The molecule has 4 rings (SSSR count). The predicted molar refractivity (Wildman–Crippen MR) is 138 cm³/mol. The molecule has 0 spiro atoms. The molecule has 34 heavy (non-hydrogen) atoms. The maximum absolute atomic E-state index is 13.4. The fourth-order valence-corrected chi connectivity index (χ4v) is 4.31. The van der Waals surface area contributed by atoms with Crippen LogP contribution in [0.1, 0.15) is 22.1 Å². The summed E-state index contributed by atoms with van der Waals surface area (Å²) >= 11 is 15.4. The van der Waals surface area contributed by atoms with Gasteiger partial charge in [-0.1, -0.05) is 51.3 Å². The molecule has 1 heterocycles. The summed E-state index contributed by atoms with van der Waals surface area (Å²) in [6.07, 6.45) is -0.625. The van der Waals surface area contributed by atoms with E-state index in [0.717, 1.165) is 15.7 Å². The number of amides is 2. The van der Waals surface area contributed by atoms with E-state index in [1.165, 1.54) is 11.1 Å². The average molecular weight is 564 g/mol. The predicted octanol–water partition coefficient (Wildman–Crippen LogP) is 5.50. The van der Waals surface area contributed by atoms with Gasteiger partial charge in [-0.05, 0) is 54.1 Å². The van der Waals surface area contributed by atoms with E-state index in [9.17, 15) is 9.59 Å². The Morgan fingerprint density at radius 1 is 1.12 bits per heavy atom. The van der Waals surface area contributed by atoms with Crippen LogP contribution in [-0.4, -0.2) is 37.5 Å². The number of nitrogens with zero attached hydrogens (tertiary/aromatic N) is 2. The van der Waals surface area contributed by atoms with E-state index >= 15 is 0 Å². The third-order valence-corrected chi connectivity index (χ3v) is 6.23. The maximum Gasteiger partial charge on any atom is 0.276 e. The van der Waals surface area contributed by atoms with Gasteiger partial charge < -0.3 is 15.0 Å². The van der Waals surface area contributed by atoms with Gasteiger partial charge in [0.05, 0.1) is 10.6 Å². The second-order valence-electron chi connectivity index (χ2n) is 7.80. The van der Waals surface area contributed by atoms with Crippen LogP contribution in [0.15, 0.2) is 65.1 Å². The van der Waals surface area contributed by atoms with Crippen molar-refractivity contribution in [2.45, 2.75) is 6.17 Å². The van der Waals surface area contributed by atoms with E-state index in [2.05, 4.69) is 26.7 Å². The average Bonchev–Trinajstić information content (AvgIpc) is 2.80. The van der Waals surface area contributed by atoms with E-state index in [4.69, 9.17) is 27.9 Å². The van der Waals surface area contributed by atoms with Crippen molar-refractivity contribution in [3.05, 3.63) is 86.3 Å². The lowest BCUT2D eigenvalue weighted by Crippen LogP contribution is -2.53. The van der Waals surface area contributed by atoms with Crippen LogP contribution in [0.25, 0.3) is 0 Å². The first-order valence-electron chi connectivity index (χ1n) is 10.3. The minimum absolute atomic E-state index is 0.286. The van der Waals surface area contributed by atoms with Gasteiger partial charge in [-0.25, -0.2) is 5.01 Å². The number of fused-ring (bicyclic) bond motifs is 1. The number of carbonyl (C=O) groups excluding carboxylic acids is 2. The van der Waals surface area contributed by atoms with Gasteiger partial charge in [0.1, 0.15) is 11.9 Å². The highest BCUT2D eigenvalue weighted by atomic mass is 79.9. The minimum Gasteiger partial charge on any atom is -0.482 e. The smallest absolute Gasteiger partial charge is 0.276 e. The number of nitrogens with one attached hydrogen (secondary N) is 2. The van der Waals surface area contributed by atoms with E-state index in [1.54, 1.807) is 18.2 Å². The van der Waals surface area contributed by atoms with Gasteiger partial charge in [0.2, 0.25) is 0 Å². The summed E-state index contributed by atoms with van der Waals surface area (Å²) in [5, 5.41) is 5.36. The number of benzene rings is 3. The minimum atomic E-state index is -0.625. The Labute approximate surface area is 215 Å². The zero-order chi connectivity index (χ0) is 24.4. The molecule has 2 N–H and O–H groups in total. The highest BCUT2D eigenvalue weighted by molar-refractivity contribution is 9.10. The fourth-order valence-electron chi connectivity index (χ4n) is 3.48. The molecule has 1 aliphatic rings. The lowest BCUT2D eigenvalue weighted by Gasteiger charge is -2.38. The molecule has 0 bridgehead atoms. The zero-order valence-electron chi connectivity index (χ0n) is 18.3. The molecule has 1 unspecified atom stereocenters. The van der Waals surface area contributed by atoms with Crippen molar-refractivity contribution in [2.75, 3.05) is 30.9 Å². The van der Waals surface area contributed by atoms with Crippen molar-refractivity contribution in [1.29, 1.82) is 0 Å². The number of ether oxygens (including phenoxy) is 1. The second kappa shape index (κ2) is 10.1. The number of hydrazine groups is 1. The van der Waals surface area contributed by atoms with E-state index in [1.807, 2.05) is 55.4 Å². The molecular formula is C24H21BrCl2N4O3. The molecule has 7 nitrogen and oxygen atoms in total. The van der Waals surface area contributed by atoms with Crippen molar-refractivity contribution in [2.24, 2.45) is 0 Å².